The number of para-hydroxylation sites is 1. The summed E-state index contributed by atoms with van der Waals surface area (Å²) < 4.78 is 5.93. The minimum Gasteiger partial charge on any atom is -0.733 e. The van der Waals surface area contributed by atoms with Gasteiger partial charge in [0.25, 0.3) is 0 Å². The predicted molar refractivity (Wildman–Crippen MR) is 115 cm³/mol. The minimum absolute atomic E-state index is 0. The van der Waals surface area contributed by atoms with Crippen molar-refractivity contribution in [1.82, 2.24) is 4.90 Å². The molecular formula is C25H28N2OY-2. The van der Waals surface area contributed by atoms with E-state index in [1.54, 1.807) is 5.57 Å². The first kappa shape index (κ1) is 21.0. The predicted octanol–water partition coefficient (Wildman–Crippen LogP) is 5.37. The molecular weight excluding hydrogens is 433 g/mol. The van der Waals surface area contributed by atoms with Gasteiger partial charge in [-0.25, -0.2) is 11.3 Å². The zero-order valence-electron chi connectivity index (χ0n) is 17.0. The topological polar surface area (TPSA) is 26.6 Å². The fourth-order valence-electron chi connectivity index (χ4n) is 4.86. The Morgan fingerprint density at radius 2 is 1.90 bits per heavy atom. The number of ether oxygens (including phenoxy) is 1. The Morgan fingerprint density at radius 1 is 1.07 bits per heavy atom. The Hall–Kier alpha value is -1.29. The van der Waals surface area contributed by atoms with Crippen molar-refractivity contribution < 1.29 is 37.4 Å². The Bertz CT molecular complexity index is 886. The smallest absolute Gasteiger partial charge is 0.0738 e. The third kappa shape index (κ3) is 4.58. The van der Waals surface area contributed by atoms with Crippen molar-refractivity contribution in [2.75, 3.05) is 26.2 Å². The first-order valence-corrected chi connectivity index (χ1v) is 10.5. The van der Waals surface area contributed by atoms with E-state index in [-0.39, 0.29) is 38.8 Å². The molecule has 149 valence electrons. The summed E-state index contributed by atoms with van der Waals surface area (Å²) in [6.07, 6.45) is 7.36. The van der Waals surface area contributed by atoms with Crippen LogP contribution in [0.15, 0.2) is 48.5 Å². The van der Waals surface area contributed by atoms with Gasteiger partial charge in [-0.1, -0.05) is 36.4 Å². The number of allylic oxidation sites excluding steroid dienone is 2. The molecule has 3 aliphatic rings. The molecule has 1 fully saturated rings. The van der Waals surface area contributed by atoms with Crippen LogP contribution in [0, 0.1) is 12.8 Å². The van der Waals surface area contributed by atoms with Crippen LogP contribution in [0.2, 0.25) is 0 Å². The van der Waals surface area contributed by atoms with Gasteiger partial charge in [0.05, 0.1) is 6.61 Å². The standard InChI is InChI=1S/C25H28N2O.Y/c1-18-5-4-8-24-25(18)26-22(17-28-24)16-27-13-11-19(12-14-27)15-21-10-9-20-6-2-3-7-23(20)21;/h2-8,10,19,22H,1,9,11-17H2;/q-2;. The van der Waals surface area contributed by atoms with Gasteiger partial charge >= 0.3 is 0 Å². The van der Waals surface area contributed by atoms with E-state index in [0.717, 1.165) is 35.9 Å². The molecule has 2 aliphatic heterocycles. The maximum Gasteiger partial charge on any atom is 0.0738 e. The maximum absolute atomic E-state index is 5.93. The molecule has 1 radical (unpaired) electrons. The van der Waals surface area contributed by atoms with Crippen LogP contribution in [-0.4, -0.2) is 37.2 Å². The van der Waals surface area contributed by atoms with Crippen molar-refractivity contribution >= 4 is 11.3 Å². The molecule has 2 heterocycles. The molecule has 4 heteroatoms. The fourth-order valence-corrected chi connectivity index (χ4v) is 4.86. The number of rotatable bonds is 4. The van der Waals surface area contributed by atoms with Crippen LogP contribution < -0.4 is 4.74 Å². The monoisotopic (exact) mass is 461 g/mol. The van der Waals surface area contributed by atoms with Gasteiger partial charge < -0.3 is 15.0 Å². The van der Waals surface area contributed by atoms with E-state index in [1.807, 2.05) is 18.2 Å². The summed E-state index contributed by atoms with van der Waals surface area (Å²) in [6.45, 7) is 8.11. The van der Waals surface area contributed by atoms with E-state index in [9.17, 15) is 0 Å². The molecule has 0 bridgehead atoms. The molecule has 0 amide bonds. The zero-order chi connectivity index (χ0) is 18.9. The number of benzene rings is 2. The number of likely N-dealkylation sites (tertiary alicyclic amines) is 1. The van der Waals surface area contributed by atoms with Crippen molar-refractivity contribution in [1.29, 1.82) is 0 Å². The van der Waals surface area contributed by atoms with Crippen molar-refractivity contribution in [3.8, 4) is 5.75 Å². The molecule has 2 aromatic carbocycles. The largest absolute Gasteiger partial charge is 0.733 e. The van der Waals surface area contributed by atoms with Crippen molar-refractivity contribution in [3.05, 3.63) is 77.5 Å². The number of fused-ring (bicyclic) bond motifs is 2. The number of hydrogen-bond acceptors (Lipinski definition) is 2. The van der Waals surface area contributed by atoms with Crippen LogP contribution in [0.4, 0.5) is 5.69 Å². The van der Waals surface area contributed by atoms with Gasteiger partial charge in [0.2, 0.25) is 0 Å². The molecule has 1 saturated heterocycles. The SMILES string of the molecule is [CH2-]c1cccc2c1[N-]C(CN1CCC(CC3=CCc4ccccc43)CC1)CO2.[Y]. The molecule has 2 aromatic rings. The summed E-state index contributed by atoms with van der Waals surface area (Å²) in [7, 11) is 0. The van der Waals surface area contributed by atoms with Gasteiger partial charge in [-0.3, -0.25) is 0 Å². The third-order valence-corrected chi connectivity index (χ3v) is 6.44. The average molecular weight is 461 g/mol. The Kier molecular flexibility index (Phi) is 6.68. The first-order chi connectivity index (χ1) is 13.8. The van der Waals surface area contributed by atoms with Gasteiger partial charge in [-0.05, 0) is 74.0 Å². The molecule has 5 rings (SSSR count). The molecule has 29 heavy (non-hydrogen) atoms. The van der Waals surface area contributed by atoms with Crippen molar-refractivity contribution in [2.24, 2.45) is 5.92 Å². The van der Waals surface area contributed by atoms with Gasteiger partial charge in [-0.15, -0.1) is 6.07 Å². The van der Waals surface area contributed by atoms with Gasteiger partial charge in [0.15, 0.2) is 0 Å². The Balaban J connectivity index is 0.00000205. The van der Waals surface area contributed by atoms with Crippen LogP contribution in [0.1, 0.15) is 36.0 Å². The normalized spacial score (nSPS) is 21.2. The van der Waals surface area contributed by atoms with Crippen molar-refractivity contribution in [2.45, 2.75) is 31.7 Å². The average Bonchev–Trinajstić information content (AvgIpc) is 3.13. The second-order valence-corrected chi connectivity index (χ2v) is 8.40. The van der Waals surface area contributed by atoms with Crippen LogP contribution in [0.5, 0.6) is 5.75 Å². The minimum atomic E-state index is 0. The summed E-state index contributed by atoms with van der Waals surface area (Å²) in [5, 5.41) is 4.93. The van der Waals surface area contributed by atoms with E-state index < -0.39 is 0 Å². The summed E-state index contributed by atoms with van der Waals surface area (Å²) in [6, 6.07) is 15.1. The van der Waals surface area contributed by atoms with Crippen molar-refractivity contribution in [3.63, 3.8) is 0 Å². The van der Waals surface area contributed by atoms with Crippen LogP contribution in [0.3, 0.4) is 0 Å². The van der Waals surface area contributed by atoms with Gasteiger partial charge in [-0.2, -0.15) is 13.0 Å². The molecule has 1 unspecified atom stereocenters. The summed E-state index contributed by atoms with van der Waals surface area (Å²) in [5.41, 5.74) is 6.47. The summed E-state index contributed by atoms with van der Waals surface area (Å²) in [5.74, 6) is 1.69. The second kappa shape index (κ2) is 9.24. The molecule has 0 aromatic heterocycles. The Morgan fingerprint density at radius 3 is 2.76 bits per heavy atom. The maximum atomic E-state index is 5.93. The molecule has 3 nitrogen and oxygen atoms in total. The van der Waals surface area contributed by atoms with E-state index in [4.69, 9.17) is 10.1 Å². The first-order valence-electron chi connectivity index (χ1n) is 10.5. The Labute approximate surface area is 199 Å². The fraction of sp³-hybridized carbons (Fsp3) is 0.400. The molecule has 1 atom stereocenters. The summed E-state index contributed by atoms with van der Waals surface area (Å²) >= 11 is 0. The number of piperidine rings is 1. The second-order valence-electron chi connectivity index (χ2n) is 8.40. The quantitative estimate of drug-likeness (QED) is 0.572. The molecule has 0 spiro atoms. The van der Waals surface area contributed by atoms with Crippen LogP contribution in [0.25, 0.3) is 10.9 Å². The molecule has 0 saturated carbocycles. The van der Waals surface area contributed by atoms with E-state index in [0.29, 0.717) is 6.61 Å². The number of hydrogen-bond donors (Lipinski definition) is 0. The van der Waals surface area contributed by atoms with Crippen LogP contribution in [-0.2, 0) is 39.1 Å². The third-order valence-electron chi connectivity index (χ3n) is 6.44. The van der Waals surface area contributed by atoms with Gasteiger partial charge in [0.1, 0.15) is 0 Å². The summed E-state index contributed by atoms with van der Waals surface area (Å²) in [4.78, 5) is 2.57. The van der Waals surface area contributed by atoms with E-state index in [1.165, 1.54) is 43.5 Å². The zero-order valence-corrected chi connectivity index (χ0v) is 19.9. The van der Waals surface area contributed by atoms with Crippen LogP contribution >= 0.6 is 0 Å². The molecule has 1 aliphatic carbocycles. The van der Waals surface area contributed by atoms with E-state index >= 15 is 0 Å². The molecule has 0 N–H and O–H groups in total. The van der Waals surface area contributed by atoms with E-state index in [2.05, 4.69) is 42.2 Å². The van der Waals surface area contributed by atoms with Gasteiger partial charge in [0, 0.05) is 38.5 Å². The number of nitrogens with zero attached hydrogens (tertiary/aromatic N) is 2.